The molecule has 1 saturated heterocycles. The highest BCUT2D eigenvalue weighted by Crippen LogP contribution is 2.06. The predicted molar refractivity (Wildman–Crippen MR) is 60.7 cm³/mol. The van der Waals surface area contributed by atoms with E-state index in [-0.39, 0.29) is 12.6 Å². The smallest absolute Gasteiger partial charge is 0.325 e. The van der Waals surface area contributed by atoms with E-state index in [0.29, 0.717) is 26.1 Å². The first-order chi connectivity index (χ1) is 8.17. The number of oxime groups is 1. The maximum atomic E-state index is 11.6. The summed E-state index contributed by atoms with van der Waals surface area (Å²) in [4.78, 5) is 28.9. The molecule has 1 heterocycles. The van der Waals surface area contributed by atoms with Gasteiger partial charge in [0, 0.05) is 13.0 Å². The Bertz CT molecular complexity index is 317. The quantitative estimate of drug-likeness (QED) is 0.555. The van der Waals surface area contributed by atoms with Crippen LogP contribution in [-0.2, 0) is 14.4 Å². The van der Waals surface area contributed by atoms with E-state index >= 15 is 0 Å². The highest BCUT2D eigenvalue weighted by molar-refractivity contribution is 5.93. The van der Waals surface area contributed by atoms with Crippen LogP contribution in [-0.4, -0.2) is 56.0 Å². The van der Waals surface area contributed by atoms with Crippen LogP contribution in [0.4, 0.5) is 4.79 Å². The normalized spacial score (nSPS) is 17.1. The van der Waals surface area contributed by atoms with Crippen molar-refractivity contribution in [3.05, 3.63) is 0 Å². The van der Waals surface area contributed by atoms with Gasteiger partial charge in [-0.1, -0.05) is 5.16 Å². The van der Waals surface area contributed by atoms with Crippen molar-refractivity contribution < 1.29 is 19.2 Å². The number of likely N-dealkylation sites (tertiary alicyclic amines) is 1. The standard InChI is InChI=1S/C10H17N3O4/c1-3-17-9(14)6-11-10(15)13-5-4-8(7-13)12-16-2/h3-7H2,1-2H3,(H,11,15)/b12-8-. The van der Waals surface area contributed by atoms with Crippen LogP contribution in [0.15, 0.2) is 5.16 Å². The molecule has 1 aliphatic heterocycles. The van der Waals surface area contributed by atoms with Crippen molar-refractivity contribution in [3.8, 4) is 0 Å². The number of hydrogen-bond acceptors (Lipinski definition) is 5. The van der Waals surface area contributed by atoms with Gasteiger partial charge in [-0.3, -0.25) is 4.79 Å². The highest BCUT2D eigenvalue weighted by Gasteiger charge is 2.23. The molecule has 7 nitrogen and oxygen atoms in total. The molecule has 2 amide bonds. The van der Waals surface area contributed by atoms with E-state index in [1.165, 1.54) is 7.11 Å². The lowest BCUT2D eigenvalue weighted by Crippen LogP contribution is -2.41. The van der Waals surface area contributed by atoms with Gasteiger partial charge in [0.2, 0.25) is 0 Å². The van der Waals surface area contributed by atoms with Gasteiger partial charge >= 0.3 is 12.0 Å². The molecule has 0 aliphatic carbocycles. The molecule has 1 fully saturated rings. The Labute approximate surface area is 99.7 Å². The Morgan fingerprint density at radius 3 is 2.94 bits per heavy atom. The molecule has 0 saturated carbocycles. The molecule has 0 aromatic rings. The number of carbonyl (C=O) groups is 2. The molecule has 0 bridgehead atoms. The second-order valence-corrected chi connectivity index (χ2v) is 3.48. The van der Waals surface area contributed by atoms with E-state index in [1.54, 1.807) is 11.8 Å². The summed E-state index contributed by atoms with van der Waals surface area (Å²) in [5, 5.41) is 6.27. The molecule has 0 unspecified atom stereocenters. The van der Waals surface area contributed by atoms with Gasteiger partial charge in [-0.15, -0.1) is 0 Å². The fourth-order valence-electron chi connectivity index (χ4n) is 1.49. The molecule has 0 aromatic carbocycles. The zero-order valence-electron chi connectivity index (χ0n) is 10.1. The lowest BCUT2D eigenvalue weighted by Gasteiger charge is -2.15. The van der Waals surface area contributed by atoms with Crippen molar-refractivity contribution >= 4 is 17.7 Å². The first-order valence-corrected chi connectivity index (χ1v) is 5.44. The Balaban J connectivity index is 2.30. The van der Waals surface area contributed by atoms with E-state index in [9.17, 15) is 9.59 Å². The van der Waals surface area contributed by atoms with Gasteiger partial charge in [0.25, 0.3) is 0 Å². The summed E-state index contributed by atoms with van der Waals surface area (Å²) in [6.07, 6.45) is 0.695. The zero-order chi connectivity index (χ0) is 12.7. The molecule has 1 rings (SSSR count). The predicted octanol–water partition coefficient (Wildman–Crippen LogP) is -0.0328. The average molecular weight is 243 g/mol. The van der Waals surface area contributed by atoms with Gasteiger partial charge in [-0.05, 0) is 6.92 Å². The van der Waals surface area contributed by atoms with E-state index in [0.717, 1.165) is 5.71 Å². The van der Waals surface area contributed by atoms with Crippen molar-refractivity contribution in [3.63, 3.8) is 0 Å². The van der Waals surface area contributed by atoms with Crippen molar-refractivity contribution in [2.75, 3.05) is 33.4 Å². The number of carbonyl (C=O) groups excluding carboxylic acids is 2. The van der Waals surface area contributed by atoms with E-state index in [2.05, 4.69) is 15.3 Å². The monoisotopic (exact) mass is 243 g/mol. The van der Waals surface area contributed by atoms with Crippen molar-refractivity contribution in [1.82, 2.24) is 10.2 Å². The molecule has 1 aliphatic rings. The third-order valence-electron chi connectivity index (χ3n) is 2.24. The summed E-state index contributed by atoms with van der Waals surface area (Å²) >= 11 is 0. The molecule has 1 N–H and O–H groups in total. The molecule has 0 atom stereocenters. The minimum Gasteiger partial charge on any atom is -0.465 e. The van der Waals surface area contributed by atoms with Gasteiger partial charge in [-0.25, -0.2) is 4.79 Å². The topological polar surface area (TPSA) is 80.2 Å². The van der Waals surface area contributed by atoms with Crippen molar-refractivity contribution in [2.24, 2.45) is 5.16 Å². The van der Waals surface area contributed by atoms with Gasteiger partial charge < -0.3 is 19.8 Å². The summed E-state index contributed by atoms with van der Waals surface area (Å²) < 4.78 is 4.70. The molecule has 0 aromatic heterocycles. The van der Waals surface area contributed by atoms with Crippen molar-refractivity contribution in [1.29, 1.82) is 0 Å². The molecule has 0 radical (unpaired) electrons. The SMILES string of the molecule is CCOC(=O)CNC(=O)N1CC/C(=N/OC)C1. The Kier molecular flexibility index (Phi) is 5.25. The number of rotatable bonds is 4. The average Bonchev–Trinajstić information content (AvgIpc) is 2.75. The number of amides is 2. The largest absolute Gasteiger partial charge is 0.465 e. The highest BCUT2D eigenvalue weighted by atomic mass is 16.6. The van der Waals surface area contributed by atoms with Crippen LogP contribution in [0, 0.1) is 0 Å². The molecule has 0 spiro atoms. The molecule has 96 valence electrons. The van der Waals surface area contributed by atoms with E-state index in [4.69, 9.17) is 4.74 Å². The minimum absolute atomic E-state index is 0.111. The summed E-state index contributed by atoms with van der Waals surface area (Å²) in [5.41, 5.74) is 0.818. The van der Waals surface area contributed by atoms with Crippen molar-refractivity contribution in [2.45, 2.75) is 13.3 Å². The third kappa shape index (κ3) is 4.29. The lowest BCUT2D eigenvalue weighted by atomic mass is 10.3. The number of nitrogens with zero attached hydrogens (tertiary/aromatic N) is 2. The van der Waals surface area contributed by atoms with E-state index in [1.807, 2.05) is 0 Å². The number of ether oxygens (including phenoxy) is 1. The summed E-state index contributed by atoms with van der Waals surface area (Å²) in [5.74, 6) is -0.439. The maximum Gasteiger partial charge on any atom is 0.325 e. The second kappa shape index (κ2) is 6.72. The minimum atomic E-state index is -0.439. The van der Waals surface area contributed by atoms with Gasteiger partial charge in [-0.2, -0.15) is 0 Å². The van der Waals surface area contributed by atoms with Crippen LogP contribution in [0.25, 0.3) is 0 Å². The van der Waals surface area contributed by atoms with Gasteiger partial charge in [0.1, 0.15) is 13.7 Å². The number of nitrogens with one attached hydrogen (secondary N) is 1. The fraction of sp³-hybridized carbons (Fsp3) is 0.700. The number of hydrogen-bond donors (Lipinski definition) is 1. The summed E-state index contributed by atoms with van der Waals surface area (Å²) in [7, 11) is 1.47. The van der Waals surface area contributed by atoms with Crippen LogP contribution in [0.2, 0.25) is 0 Å². The number of esters is 1. The van der Waals surface area contributed by atoms with E-state index < -0.39 is 5.97 Å². The number of urea groups is 1. The van der Waals surface area contributed by atoms with Gasteiger partial charge in [0.15, 0.2) is 0 Å². The first-order valence-electron chi connectivity index (χ1n) is 5.44. The van der Waals surface area contributed by atoms with Crippen LogP contribution >= 0.6 is 0 Å². The fourth-order valence-corrected chi connectivity index (χ4v) is 1.49. The van der Waals surface area contributed by atoms with Crippen LogP contribution < -0.4 is 5.32 Å². The van der Waals surface area contributed by atoms with Crippen LogP contribution in [0.5, 0.6) is 0 Å². The summed E-state index contributed by atoms with van der Waals surface area (Å²) in [6, 6.07) is -0.292. The summed E-state index contributed by atoms with van der Waals surface area (Å²) in [6.45, 7) is 2.93. The van der Waals surface area contributed by atoms with Crippen LogP contribution in [0.3, 0.4) is 0 Å². The second-order valence-electron chi connectivity index (χ2n) is 3.48. The Hall–Kier alpha value is -1.79. The van der Waals surface area contributed by atoms with Crippen LogP contribution in [0.1, 0.15) is 13.3 Å². The first kappa shape index (κ1) is 13.3. The maximum absolute atomic E-state index is 11.6. The molecule has 17 heavy (non-hydrogen) atoms. The third-order valence-corrected chi connectivity index (χ3v) is 2.24. The lowest BCUT2D eigenvalue weighted by molar-refractivity contribution is -0.141. The molecule has 7 heteroatoms. The Morgan fingerprint density at radius 2 is 2.29 bits per heavy atom. The Morgan fingerprint density at radius 1 is 1.53 bits per heavy atom. The van der Waals surface area contributed by atoms with Gasteiger partial charge in [0.05, 0.1) is 18.9 Å². The zero-order valence-corrected chi connectivity index (χ0v) is 10.1. The molecular weight excluding hydrogens is 226 g/mol. The molecular formula is C10H17N3O4.